The van der Waals surface area contributed by atoms with Crippen molar-refractivity contribution >= 4 is 23.8 Å². The first-order valence-corrected chi connectivity index (χ1v) is 7.19. The van der Waals surface area contributed by atoms with E-state index in [0.717, 1.165) is 0 Å². The highest BCUT2D eigenvalue weighted by molar-refractivity contribution is 7.99. The summed E-state index contributed by atoms with van der Waals surface area (Å²) in [4.78, 5) is 25.6. The van der Waals surface area contributed by atoms with Crippen LogP contribution in [0.5, 0.6) is 11.5 Å². The van der Waals surface area contributed by atoms with Crippen molar-refractivity contribution in [3.8, 4) is 11.5 Å². The van der Waals surface area contributed by atoms with E-state index in [-0.39, 0.29) is 18.8 Å². The van der Waals surface area contributed by atoms with Gasteiger partial charge in [-0.25, -0.2) is 0 Å². The van der Waals surface area contributed by atoms with E-state index in [1.165, 1.54) is 36.0 Å². The maximum absolute atomic E-state index is 11.6. The second kappa shape index (κ2) is 8.85. The molecule has 21 heavy (non-hydrogen) atoms. The van der Waals surface area contributed by atoms with Crippen LogP contribution in [-0.2, 0) is 9.63 Å². The van der Waals surface area contributed by atoms with Crippen LogP contribution in [0.1, 0.15) is 12.0 Å². The molecule has 0 amide bonds. The van der Waals surface area contributed by atoms with Gasteiger partial charge in [-0.15, -0.1) is 10.1 Å². The minimum absolute atomic E-state index is 0.00658. The van der Waals surface area contributed by atoms with Gasteiger partial charge >= 0.3 is 5.97 Å². The highest BCUT2D eigenvalue weighted by Gasteiger charge is 2.07. The van der Waals surface area contributed by atoms with Crippen molar-refractivity contribution in [3.05, 3.63) is 40.5 Å². The quantitative estimate of drug-likeness (QED) is 0.245. The lowest BCUT2D eigenvalue weighted by molar-refractivity contribution is -0.756. The largest absolute Gasteiger partial charge is 0.507 e. The van der Waals surface area contributed by atoms with Gasteiger partial charge in [0, 0.05) is 17.1 Å². The van der Waals surface area contributed by atoms with E-state index in [1.807, 2.05) is 0 Å². The predicted octanol–water partition coefficient (Wildman–Crippen LogP) is 2.27. The van der Waals surface area contributed by atoms with Crippen LogP contribution >= 0.6 is 11.8 Å². The first-order valence-electron chi connectivity index (χ1n) is 6.04. The van der Waals surface area contributed by atoms with E-state index in [2.05, 4.69) is 11.4 Å². The summed E-state index contributed by atoms with van der Waals surface area (Å²) in [5.74, 6) is 0.874. The Hall–Kier alpha value is -2.22. The molecule has 0 saturated carbocycles. The Balaban J connectivity index is 2.27. The monoisotopic (exact) mass is 313 g/mol. The van der Waals surface area contributed by atoms with Crippen molar-refractivity contribution in [1.82, 2.24) is 0 Å². The number of carbonyl (C=O) groups excluding carboxylic acids is 1. The van der Waals surface area contributed by atoms with Crippen LogP contribution in [0, 0.1) is 10.1 Å². The van der Waals surface area contributed by atoms with Crippen LogP contribution in [0.3, 0.4) is 0 Å². The Morgan fingerprint density at radius 2 is 2.24 bits per heavy atom. The lowest BCUT2D eigenvalue weighted by atomic mass is 10.2. The Morgan fingerprint density at radius 3 is 2.90 bits per heavy atom. The average Bonchev–Trinajstić information content (AvgIpc) is 2.44. The van der Waals surface area contributed by atoms with E-state index < -0.39 is 11.1 Å². The second-order valence-corrected chi connectivity index (χ2v) is 5.04. The lowest BCUT2D eigenvalue weighted by Crippen LogP contribution is -2.10. The van der Waals surface area contributed by atoms with E-state index in [4.69, 9.17) is 4.74 Å². The summed E-state index contributed by atoms with van der Waals surface area (Å²) in [7, 11) is 0. The van der Waals surface area contributed by atoms with Gasteiger partial charge in [0.25, 0.3) is 5.09 Å². The first-order chi connectivity index (χ1) is 10.0. The van der Waals surface area contributed by atoms with Crippen LogP contribution in [0.2, 0.25) is 0 Å². The number of hydrogen-bond donors (Lipinski definition) is 1. The number of nitrogens with zero attached hydrogens (tertiary/aromatic N) is 1. The number of phenolic OH excluding ortho intramolecular Hbond substituents is 1. The zero-order valence-electron chi connectivity index (χ0n) is 11.2. The number of benzene rings is 1. The number of esters is 1. The van der Waals surface area contributed by atoms with E-state index in [9.17, 15) is 20.0 Å². The van der Waals surface area contributed by atoms with Gasteiger partial charge in [-0.05, 0) is 18.2 Å². The third kappa shape index (κ3) is 6.66. The molecular formula is C13H15NO6S. The van der Waals surface area contributed by atoms with Gasteiger partial charge in [0.1, 0.15) is 18.1 Å². The molecule has 0 saturated heterocycles. The molecule has 0 spiro atoms. The van der Waals surface area contributed by atoms with Gasteiger partial charge in [-0.2, -0.15) is 11.8 Å². The van der Waals surface area contributed by atoms with Gasteiger partial charge in [0.15, 0.2) is 0 Å². The van der Waals surface area contributed by atoms with Gasteiger partial charge < -0.3 is 14.7 Å². The summed E-state index contributed by atoms with van der Waals surface area (Å²) in [5, 5.41) is 18.5. The van der Waals surface area contributed by atoms with Crippen LogP contribution in [-0.4, -0.2) is 34.3 Å². The van der Waals surface area contributed by atoms with E-state index in [0.29, 0.717) is 22.8 Å². The molecule has 1 aromatic carbocycles. The number of hydrogen-bond acceptors (Lipinski definition) is 7. The molecule has 1 N–H and O–H groups in total. The Labute approximate surface area is 125 Å². The molecule has 1 rings (SSSR count). The third-order valence-corrected chi connectivity index (χ3v) is 3.27. The molecule has 0 unspecified atom stereocenters. The number of ether oxygens (including phenoxy) is 1. The Morgan fingerprint density at radius 1 is 1.48 bits per heavy atom. The topological polar surface area (TPSA) is 98.9 Å². The maximum Gasteiger partial charge on any atom is 0.312 e. The number of carbonyl (C=O) groups is 1. The molecule has 0 aliphatic carbocycles. The van der Waals surface area contributed by atoms with E-state index >= 15 is 0 Å². The molecule has 1 aromatic rings. The average molecular weight is 313 g/mol. The van der Waals surface area contributed by atoms with Gasteiger partial charge in [-0.1, -0.05) is 12.7 Å². The van der Waals surface area contributed by atoms with Crippen molar-refractivity contribution in [1.29, 1.82) is 0 Å². The van der Waals surface area contributed by atoms with E-state index in [1.54, 1.807) is 0 Å². The fraction of sp³-hybridized carbons (Fsp3) is 0.308. The van der Waals surface area contributed by atoms with Crippen molar-refractivity contribution in [3.63, 3.8) is 0 Å². The molecule has 0 aromatic heterocycles. The number of rotatable bonds is 9. The minimum Gasteiger partial charge on any atom is -0.507 e. The van der Waals surface area contributed by atoms with Crippen LogP contribution in [0.25, 0.3) is 6.08 Å². The highest BCUT2D eigenvalue weighted by atomic mass is 32.2. The molecule has 7 nitrogen and oxygen atoms in total. The molecule has 8 heteroatoms. The normalized spacial score (nSPS) is 9.90. The Bertz CT molecular complexity index is 519. The van der Waals surface area contributed by atoms with Crippen molar-refractivity contribution in [2.45, 2.75) is 6.42 Å². The lowest BCUT2D eigenvalue weighted by Gasteiger charge is -2.06. The van der Waals surface area contributed by atoms with Crippen molar-refractivity contribution in [2.24, 2.45) is 0 Å². The molecule has 0 bridgehead atoms. The summed E-state index contributed by atoms with van der Waals surface area (Å²) in [6, 6.07) is 4.42. The standard InChI is InChI=1S/C13H15NO6S/c1-2-10-9-11(3-4-12(10)15)20-13(16)5-7-21-8-6-19-14(17)18/h2-4,9,15H,1,5-8H2. The van der Waals surface area contributed by atoms with Crippen molar-refractivity contribution in [2.75, 3.05) is 18.1 Å². The molecule has 0 radical (unpaired) electrons. The van der Waals surface area contributed by atoms with Crippen molar-refractivity contribution < 1.29 is 24.6 Å². The van der Waals surface area contributed by atoms with Gasteiger partial charge in [0.05, 0.1) is 6.42 Å². The molecule has 114 valence electrons. The zero-order valence-corrected chi connectivity index (χ0v) is 12.0. The third-order valence-electron chi connectivity index (χ3n) is 2.33. The smallest absolute Gasteiger partial charge is 0.312 e. The van der Waals surface area contributed by atoms with Crippen LogP contribution in [0.4, 0.5) is 0 Å². The minimum atomic E-state index is -0.850. The first kappa shape index (κ1) is 16.8. The SMILES string of the molecule is C=Cc1cc(OC(=O)CCSCCO[N+](=O)[O-])ccc1O. The maximum atomic E-state index is 11.6. The summed E-state index contributed by atoms with van der Waals surface area (Å²) < 4.78 is 5.11. The summed E-state index contributed by atoms with van der Waals surface area (Å²) in [6.45, 7) is 3.53. The molecule has 0 heterocycles. The predicted molar refractivity (Wildman–Crippen MR) is 78.7 cm³/mol. The van der Waals surface area contributed by atoms with Gasteiger partial charge in [0.2, 0.25) is 0 Å². The molecule has 0 aliphatic rings. The van der Waals surface area contributed by atoms with Gasteiger partial charge in [-0.3, -0.25) is 4.79 Å². The Kier molecular flexibility index (Phi) is 7.10. The number of thioether (sulfide) groups is 1. The molecule has 0 aliphatic heterocycles. The fourth-order valence-corrected chi connectivity index (χ4v) is 2.08. The summed E-state index contributed by atoms with van der Waals surface area (Å²) >= 11 is 1.36. The molecular weight excluding hydrogens is 298 g/mol. The fourth-order valence-electron chi connectivity index (χ4n) is 1.37. The van der Waals surface area contributed by atoms with Crippen LogP contribution in [0.15, 0.2) is 24.8 Å². The number of phenols is 1. The number of aromatic hydroxyl groups is 1. The van der Waals surface area contributed by atoms with Crippen LogP contribution < -0.4 is 4.74 Å². The molecule has 0 fully saturated rings. The molecule has 0 atom stereocenters. The highest BCUT2D eigenvalue weighted by Crippen LogP contribution is 2.24. The summed E-state index contributed by atoms with van der Waals surface area (Å²) in [6.07, 6.45) is 1.63. The second-order valence-electron chi connectivity index (χ2n) is 3.82. The summed E-state index contributed by atoms with van der Waals surface area (Å²) in [5.41, 5.74) is 0.478. The zero-order chi connectivity index (χ0) is 15.7.